The lowest BCUT2D eigenvalue weighted by Gasteiger charge is -2.27. The first-order valence-electron chi connectivity index (χ1n) is 10.7. The number of nitrogens with one attached hydrogen (secondary N) is 1. The summed E-state index contributed by atoms with van der Waals surface area (Å²) >= 11 is 7.62. The molecule has 0 radical (unpaired) electrons. The van der Waals surface area contributed by atoms with Gasteiger partial charge in [0, 0.05) is 25.3 Å². The van der Waals surface area contributed by atoms with Crippen LogP contribution in [0.2, 0.25) is 5.02 Å². The molecule has 4 rings (SSSR count). The molecule has 3 aromatic rings. The molecule has 0 bridgehead atoms. The van der Waals surface area contributed by atoms with Gasteiger partial charge in [-0.3, -0.25) is 9.36 Å². The average Bonchev–Trinajstić information content (AvgIpc) is 3.26. The maximum absolute atomic E-state index is 13.4. The minimum absolute atomic E-state index is 0.175. The monoisotopic (exact) mass is 487 g/mol. The molecule has 1 atom stereocenters. The van der Waals surface area contributed by atoms with Crippen molar-refractivity contribution >= 4 is 40.9 Å². The molecule has 0 saturated carbocycles. The second kappa shape index (κ2) is 10.9. The Morgan fingerprint density at radius 1 is 1.21 bits per heavy atom. The van der Waals surface area contributed by atoms with Gasteiger partial charge in [-0.1, -0.05) is 53.7 Å². The van der Waals surface area contributed by atoms with E-state index in [0.29, 0.717) is 41.4 Å². The minimum Gasteiger partial charge on any atom is -0.495 e. The molecule has 1 amide bonds. The molecule has 10 heteroatoms. The zero-order valence-electron chi connectivity index (χ0n) is 18.5. The first-order chi connectivity index (χ1) is 16.1. The van der Waals surface area contributed by atoms with E-state index in [-0.39, 0.29) is 5.91 Å². The normalized spacial score (nSPS) is 14.7. The van der Waals surface area contributed by atoms with Crippen molar-refractivity contribution in [3.05, 3.63) is 59.1 Å². The van der Waals surface area contributed by atoms with Crippen LogP contribution in [0.4, 0.5) is 11.6 Å². The summed E-state index contributed by atoms with van der Waals surface area (Å²) < 4.78 is 12.7. The summed E-state index contributed by atoms with van der Waals surface area (Å²) in [6.45, 7) is 5.61. The average molecular weight is 488 g/mol. The Morgan fingerprint density at radius 3 is 2.64 bits per heavy atom. The van der Waals surface area contributed by atoms with Gasteiger partial charge in [-0.2, -0.15) is 0 Å². The summed E-state index contributed by atoms with van der Waals surface area (Å²) in [6, 6.07) is 14.8. The van der Waals surface area contributed by atoms with Crippen LogP contribution in [0.5, 0.6) is 5.75 Å². The van der Waals surface area contributed by atoms with Gasteiger partial charge in [0.15, 0.2) is 5.16 Å². The second-order valence-corrected chi connectivity index (χ2v) is 8.85. The first kappa shape index (κ1) is 23.4. The first-order valence-corrected chi connectivity index (χ1v) is 12.0. The smallest absolute Gasteiger partial charge is 0.242 e. The van der Waals surface area contributed by atoms with Crippen molar-refractivity contribution in [3.8, 4) is 5.75 Å². The van der Waals surface area contributed by atoms with Crippen molar-refractivity contribution in [3.63, 3.8) is 0 Å². The number of benzene rings is 2. The third kappa shape index (κ3) is 5.43. The molecule has 33 heavy (non-hydrogen) atoms. The second-order valence-electron chi connectivity index (χ2n) is 7.37. The molecule has 0 spiro atoms. The molecule has 2 aromatic carbocycles. The molecule has 2 heterocycles. The molecule has 1 saturated heterocycles. The standard InChI is InChI=1S/C23H26ClN5O3S/c1-3-29-22(28-11-13-32-14-12-28)26-27-23(29)33-20(16-7-5-4-6-8-16)21(30)25-17-9-10-19(31-2)18(24)15-17/h4-10,15,20H,3,11-14H2,1-2H3,(H,25,30). The highest BCUT2D eigenvalue weighted by Crippen LogP contribution is 2.37. The van der Waals surface area contributed by atoms with Crippen LogP contribution < -0.4 is 15.0 Å². The van der Waals surface area contributed by atoms with Crippen LogP contribution in [0.25, 0.3) is 0 Å². The van der Waals surface area contributed by atoms with E-state index in [1.165, 1.54) is 11.8 Å². The van der Waals surface area contributed by atoms with Gasteiger partial charge in [0.2, 0.25) is 11.9 Å². The zero-order chi connectivity index (χ0) is 23.2. The number of anilines is 2. The number of carbonyl (C=O) groups is 1. The third-order valence-corrected chi connectivity index (χ3v) is 6.82. The van der Waals surface area contributed by atoms with Gasteiger partial charge >= 0.3 is 0 Å². The van der Waals surface area contributed by atoms with Gasteiger partial charge in [0.25, 0.3) is 0 Å². The van der Waals surface area contributed by atoms with Crippen molar-refractivity contribution in [2.45, 2.75) is 23.9 Å². The van der Waals surface area contributed by atoms with E-state index in [0.717, 1.165) is 24.6 Å². The number of rotatable bonds is 8. The fourth-order valence-corrected chi connectivity index (χ4v) is 4.95. The van der Waals surface area contributed by atoms with E-state index in [1.807, 2.05) is 41.8 Å². The molecule has 1 aromatic heterocycles. The Labute approximate surface area is 202 Å². The Morgan fingerprint density at radius 2 is 1.97 bits per heavy atom. The highest BCUT2D eigenvalue weighted by atomic mass is 35.5. The van der Waals surface area contributed by atoms with Crippen LogP contribution in [0, 0.1) is 0 Å². The molecular formula is C23H26ClN5O3S. The Bertz CT molecular complexity index is 1090. The van der Waals surface area contributed by atoms with Gasteiger partial charge < -0.3 is 19.7 Å². The number of amides is 1. The highest BCUT2D eigenvalue weighted by molar-refractivity contribution is 8.00. The number of hydrogen-bond donors (Lipinski definition) is 1. The van der Waals surface area contributed by atoms with Crippen LogP contribution in [0.1, 0.15) is 17.7 Å². The van der Waals surface area contributed by atoms with E-state index in [1.54, 1.807) is 25.3 Å². The molecule has 8 nitrogen and oxygen atoms in total. The Hall–Kier alpha value is -2.75. The molecule has 174 valence electrons. The maximum atomic E-state index is 13.4. The lowest BCUT2D eigenvalue weighted by atomic mass is 10.1. The van der Waals surface area contributed by atoms with Gasteiger partial charge in [0.1, 0.15) is 11.0 Å². The van der Waals surface area contributed by atoms with E-state index in [4.69, 9.17) is 21.1 Å². The number of morpholine rings is 1. The predicted octanol–water partition coefficient (Wildman–Crippen LogP) is 4.27. The van der Waals surface area contributed by atoms with Crippen LogP contribution in [0.3, 0.4) is 0 Å². The van der Waals surface area contributed by atoms with E-state index >= 15 is 0 Å². The minimum atomic E-state index is -0.529. The van der Waals surface area contributed by atoms with Gasteiger partial charge in [-0.15, -0.1) is 10.2 Å². The molecule has 1 unspecified atom stereocenters. The maximum Gasteiger partial charge on any atom is 0.242 e. The quantitative estimate of drug-likeness (QED) is 0.475. The van der Waals surface area contributed by atoms with Crippen molar-refractivity contribution in [2.75, 3.05) is 43.6 Å². The van der Waals surface area contributed by atoms with E-state index < -0.39 is 5.25 Å². The third-order valence-electron chi connectivity index (χ3n) is 5.29. The molecular weight excluding hydrogens is 462 g/mol. The number of halogens is 1. The highest BCUT2D eigenvalue weighted by Gasteiger charge is 2.27. The summed E-state index contributed by atoms with van der Waals surface area (Å²) in [4.78, 5) is 15.6. The number of hydrogen-bond acceptors (Lipinski definition) is 7. The largest absolute Gasteiger partial charge is 0.495 e. The van der Waals surface area contributed by atoms with E-state index in [2.05, 4.69) is 20.4 Å². The van der Waals surface area contributed by atoms with Crippen LogP contribution >= 0.6 is 23.4 Å². The van der Waals surface area contributed by atoms with Crippen molar-refractivity contribution in [2.24, 2.45) is 0 Å². The summed E-state index contributed by atoms with van der Waals surface area (Å²) in [5.41, 5.74) is 1.47. The summed E-state index contributed by atoms with van der Waals surface area (Å²) in [7, 11) is 1.55. The number of nitrogens with zero attached hydrogens (tertiary/aromatic N) is 4. The topological polar surface area (TPSA) is 81.5 Å². The number of thioether (sulfide) groups is 1. The summed E-state index contributed by atoms with van der Waals surface area (Å²) in [5.74, 6) is 1.18. The fraction of sp³-hybridized carbons (Fsp3) is 0.348. The molecule has 1 N–H and O–H groups in total. The van der Waals surface area contributed by atoms with Crippen LogP contribution in [-0.2, 0) is 16.1 Å². The Kier molecular flexibility index (Phi) is 7.74. The number of carbonyl (C=O) groups excluding carboxylic acids is 1. The van der Waals surface area contributed by atoms with Gasteiger partial charge in [-0.05, 0) is 30.7 Å². The molecule has 1 aliphatic rings. The lowest BCUT2D eigenvalue weighted by Crippen LogP contribution is -2.38. The summed E-state index contributed by atoms with van der Waals surface area (Å²) in [6.07, 6.45) is 0. The number of ether oxygens (including phenoxy) is 2. The van der Waals surface area contributed by atoms with Crippen LogP contribution in [-0.4, -0.2) is 54.1 Å². The fourth-order valence-electron chi connectivity index (χ4n) is 3.60. The van der Waals surface area contributed by atoms with Gasteiger partial charge in [-0.25, -0.2) is 0 Å². The van der Waals surface area contributed by atoms with Crippen molar-refractivity contribution in [1.29, 1.82) is 0 Å². The van der Waals surface area contributed by atoms with Crippen LogP contribution in [0.15, 0.2) is 53.7 Å². The van der Waals surface area contributed by atoms with E-state index in [9.17, 15) is 4.79 Å². The molecule has 1 fully saturated rings. The lowest BCUT2D eigenvalue weighted by molar-refractivity contribution is -0.115. The zero-order valence-corrected chi connectivity index (χ0v) is 20.1. The number of aromatic nitrogens is 3. The molecule has 0 aliphatic carbocycles. The van der Waals surface area contributed by atoms with Crippen molar-refractivity contribution in [1.82, 2.24) is 14.8 Å². The summed E-state index contributed by atoms with van der Waals surface area (Å²) in [5, 5.41) is 12.4. The predicted molar refractivity (Wildman–Crippen MR) is 130 cm³/mol. The van der Waals surface area contributed by atoms with Gasteiger partial charge in [0.05, 0.1) is 25.3 Å². The molecule has 1 aliphatic heterocycles. The Balaban J connectivity index is 1.60. The van der Waals surface area contributed by atoms with Crippen molar-refractivity contribution < 1.29 is 14.3 Å². The SMILES string of the molecule is CCn1c(SC(C(=O)Nc2ccc(OC)c(Cl)c2)c2ccccc2)nnc1N1CCOCC1. The number of methoxy groups -OCH3 is 1.